The first kappa shape index (κ1) is 16.2. The van der Waals surface area contributed by atoms with Gasteiger partial charge in [0.2, 0.25) is 5.91 Å². The van der Waals surface area contributed by atoms with Gasteiger partial charge in [0.25, 0.3) is 0 Å². The van der Waals surface area contributed by atoms with Gasteiger partial charge in [-0.25, -0.2) is 4.79 Å². The normalized spacial score (nSPS) is 29.2. The van der Waals surface area contributed by atoms with Crippen molar-refractivity contribution < 1.29 is 9.59 Å². The summed E-state index contributed by atoms with van der Waals surface area (Å²) < 4.78 is 0. The van der Waals surface area contributed by atoms with Crippen LogP contribution in [0.25, 0.3) is 0 Å². The van der Waals surface area contributed by atoms with Crippen molar-refractivity contribution in [3.63, 3.8) is 0 Å². The molecule has 2 fully saturated rings. The first-order valence-corrected chi connectivity index (χ1v) is 8.01. The lowest BCUT2D eigenvalue weighted by Crippen LogP contribution is -2.45. The van der Waals surface area contributed by atoms with E-state index in [-0.39, 0.29) is 18.5 Å². The van der Waals surface area contributed by atoms with Crippen LogP contribution in [-0.4, -0.2) is 49.1 Å². The lowest BCUT2D eigenvalue weighted by Gasteiger charge is -2.29. The molecular weight excluding hydrogens is 268 g/mol. The van der Waals surface area contributed by atoms with Crippen LogP contribution in [0.2, 0.25) is 0 Å². The Morgan fingerprint density at radius 2 is 2.05 bits per heavy atom. The summed E-state index contributed by atoms with van der Waals surface area (Å²) >= 11 is 0. The first-order valence-electron chi connectivity index (χ1n) is 8.01. The fourth-order valence-electron chi connectivity index (χ4n) is 3.45. The summed E-state index contributed by atoms with van der Waals surface area (Å²) in [5, 5.41) is 5.08. The van der Waals surface area contributed by atoms with Gasteiger partial charge < -0.3 is 11.1 Å². The highest BCUT2D eigenvalue weighted by atomic mass is 16.2. The molecule has 21 heavy (non-hydrogen) atoms. The van der Waals surface area contributed by atoms with Gasteiger partial charge in [-0.15, -0.1) is 0 Å². The van der Waals surface area contributed by atoms with E-state index in [1.54, 1.807) is 0 Å². The van der Waals surface area contributed by atoms with Crippen LogP contribution in [0.1, 0.15) is 33.1 Å². The van der Waals surface area contributed by atoms with Crippen molar-refractivity contribution in [1.29, 1.82) is 0 Å². The fraction of sp³-hybridized carbons (Fsp3) is 0.867. The minimum atomic E-state index is -0.401. The predicted octanol–water partition coefficient (Wildman–Crippen LogP) is 0.527. The molecule has 6 nitrogen and oxygen atoms in total. The van der Waals surface area contributed by atoms with E-state index >= 15 is 0 Å². The number of hydrogen-bond acceptors (Lipinski definition) is 4. The number of urea groups is 1. The molecule has 0 spiro atoms. The lowest BCUT2D eigenvalue weighted by atomic mass is 9.78. The summed E-state index contributed by atoms with van der Waals surface area (Å²) in [6.45, 7) is 6.69. The number of rotatable bonds is 4. The van der Waals surface area contributed by atoms with E-state index in [0.717, 1.165) is 19.5 Å². The first-order chi connectivity index (χ1) is 9.95. The van der Waals surface area contributed by atoms with Crippen molar-refractivity contribution in [3.8, 4) is 0 Å². The minimum absolute atomic E-state index is 0.233. The van der Waals surface area contributed by atoms with E-state index in [1.165, 1.54) is 12.8 Å². The maximum Gasteiger partial charge on any atom is 0.321 e. The zero-order chi connectivity index (χ0) is 15.4. The molecule has 4 N–H and O–H groups in total. The fourth-order valence-corrected chi connectivity index (χ4v) is 3.45. The van der Waals surface area contributed by atoms with Crippen LogP contribution in [0, 0.1) is 17.8 Å². The van der Waals surface area contributed by atoms with Gasteiger partial charge in [-0.3, -0.25) is 15.0 Å². The van der Waals surface area contributed by atoms with Crippen LogP contribution < -0.4 is 16.4 Å². The Labute approximate surface area is 126 Å². The quantitative estimate of drug-likeness (QED) is 0.706. The molecule has 0 aromatic heterocycles. The highest BCUT2D eigenvalue weighted by Gasteiger charge is 2.39. The van der Waals surface area contributed by atoms with Crippen molar-refractivity contribution in [2.45, 2.75) is 39.2 Å². The van der Waals surface area contributed by atoms with Crippen molar-refractivity contribution in [3.05, 3.63) is 0 Å². The molecule has 1 heterocycles. The average molecular weight is 296 g/mol. The molecule has 1 saturated carbocycles. The molecule has 1 aliphatic carbocycles. The maximum atomic E-state index is 11.9. The topological polar surface area (TPSA) is 87.5 Å². The second-order valence-electron chi connectivity index (χ2n) is 6.86. The number of nitrogens with zero attached hydrogens (tertiary/aromatic N) is 1. The van der Waals surface area contributed by atoms with Crippen molar-refractivity contribution >= 4 is 11.9 Å². The highest BCUT2D eigenvalue weighted by molar-refractivity contribution is 5.95. The molecule has 3 unspecified atom stereocenters. The van der Waals surface area contributed by atoms with E-state index in [4.69, 9.17) is 5.73 Å². The van der Waals surface area contributed by atoms with Crippen LogP contribution >= 0.6 is 0 Å². The summed E-state index contributed by atoms with van der Waals surface area (Å²) in [7, 11) is 0. The van der Waals surface area contributed by atoms with Gasteiger partial charge >= 0.3 is 6.03 Å². The molecule has 0 radical (unpaired) electrons. The number of carbonyl (C=O) groups excluding carboxylic acids is 2. The molecule has 1 saturated heterocycles. The molecule has 2 rings (SSSR count). The van der Waals surface area contributed by atoms with Crippen molar-refractivity contribution in [2.75, 3.05) is 26.2 Å². The largest absolute Gasteiger partial charge is 0.338 e. The number of likely N-dealkylation sites (tertiary alicyclic amines) is 1. The van der Waals surface area contributed by atoms with Gasteiger partial charge in [0, 0.05) is 25.7 Å². The van der Waals surface area contributed by atoms with Gasteiger partial charge in [0.1, 0.15) is 0 Å². The Bertz CT molecular complexity index is 386. The summed E-state index contributed by atoms with van der Waals surface area (Å²) in [6.07, 6.45) is 3.50. The van der Waals surface area contributed by atoms with Crippen LogP contribution in [0.5, 0.6) is 0 Å². The minimum Gasteiger partial charge on any atom is -0.338 e. The summed E-state index contributed by atoms with van der Waals surface area (Å²) in [6, 6.07) is -0.131. The van der Waals surface area contributed by atoms with E-state index < -0.39 is 6.03 Å². The summed E-state index contributed by atoms with van der Waals surface area (Å²) in [4.78, 5) is 25.6. The van der Waals surface area contributed by atoms with Gasteiger partial charge in [-0.05, 0) is 30.6 Å². The number of nitrogens with one attached hydrogen (secondary N) is 2. The second kappa shape index (κ2) is 7.22. The summed E-state index contributed by atoms with van der Waals surface area (Å²) in [5.41, 5.74) is 6.17. The third kappa shape index (κ3) is 4.68. The van der Waals surface area contributed by atoms with E-state index in [9.17, 15) is 9.59 Å². The highest BCUT2D eigenvalue weighted by Crippen LogP contribution is 2.35. The van der Waals surface area contributed by atoms with Crippen molar-refractivity contribution in [2.24, 2.45) is 23.5 Å². The van der Waals surface area contributed by atoms with E-state index in [1.807, 2.05) is 13.8 Å². The third-order valence-electron chi connectivity index (χ3n) is 4.52. The number of hydrogen-bond donors (Lipinski definition) is 3. The number of amides is 3. The Morgan fingerprint density at radius 1 is 1.29 bits per heavy atom. The number of nitrogens with two attached hydrogens (primary N) is 1. The Hall–Kier alpha value is -1.14. The molecule has 0 bridgehead atoms. The smallest absolute Gasteiger partial charge is 0.321 e. The Morgan fingerprint density at radius 3 is 2.71 bits per heavy atom. The van der Waals surface area contributed by atoms with Gasteiger partial charge in [-0.2, -0.15) is 0 Å². The van der Waals surface area contributed by atoms with Crippen LogP contribution in [-0.2, 0) is 4.79 Å². The van der Waals surface area contributed by atoms with Gasteiger partial charge in [0.05, 0.1) is 6.54 Å². The maximum absolute atomic E-state index is 11.9. The number of fused-ring (bicyclic) bond motifs is 1. The zero-order valence-electron chi connectivity index (χ0n) is 13.1. The molecule has 2 aliphatic rings. The van der Waals surface area contributed by atoms with E-state index in [2.05, 4.69) is 15.5 Å². The zero-order valence-corrected chi connectivity index (χ0v) is 13.1. The number of carbonyl (C=O) groups is 2. The molecule has 120 valence electrons. The molecule has 3 atom stereocenters. The lowest BCUT2D eigenvalue weighted by molar-refractivity contribution is -0.121. The molecule has 1 aliphatic heterocycles. The summed E-state index contributed by atoms with van der Waals surface area (Å²) in [5.74, 6) is 1.27. The molecule has 0 aromatic carbocycles. The van der Waals surface area contributed by atoms with Crippen LogP contribution in [0.3, 0.4) is 0 Å². The van der Waals surface area contributed by atoms with Gasteiger partial charge in [-0.1, -0.05) is 20.3 Å². The predicted molar refractivity (Wildman–Crippen MR) is 81.6 cm³/mol. The Kier molecular flexibility index (Phi) is 5.58. The monoisotopic (exact) mass is 296 g/mol. The van der Waals surface area contributed by atoms with Crippen LogP contribution in [0.15, 0.2) is 0 Å². The standard InChI is InChI=1S/C15H28N4O2/c1-10(2)6-17-15(21)18-14(20)9-19-7-11-4-3-5-13(16)12(11)8-19/h10-13H,3-9,16H2,1-2H3,(H2,17,18,20,21). The molecule has 0 aromatic rings. The van der Waals surface area contributed by atoms with Crippen molar-refractivity contribution in [1.82, 2.24) is 15.5 Å². The molecule has 3 amide bonds. The number of imide groups is 1. The third-order valence-corrected chi connectivity index (χ3v) is 4.52. The Balaban J connectivity index is 1.72. The van der Waals surface area contributed by atoms with E-state index in [0.29, 0.717) is 24.3 Å². The SMILES string of the molecule is CC(C)CNC(=O)NC(=O)CN1CC2CCCC(N)C2C1. The molecular formula is C15H28N4O2. The average Bonchev–Trinajstić information content (AvgIpc) is 2.80. The van der Waals surface area contributed by atoms with Gasteiger partial charge in [0.15, 0.2) is 0 Å². The second-order valence-corrected chi connectivity index (χ2v) is 6.86. The molecule has 6 heteroatoms. The van der Waals surface area contributed by atoms with Crippen LogP contribution in [0.4, 0.5) is 4.79 Å².